The molecule has 2 aromatic rings. The van der Waals surface area contributed by atoms with Crippen molar-refractivity contribution < 1.29 is 14.3 Å². The lowest BCUT2D eigenvalue weighted by Gasteiger charge is -2.10. The van der Waals surface area contributed by atoms with Crippen molar-refractivity contribution in [2.24, 2.45) is 0 Å². The number of anilines is 2. The molecule has 0 atom stereocenters. The maximum absolute atomic E-state index is 11.9. The van der Waals surface area contributed by atoms with Gasteiger partial charge in [0.15, 0.2) is 5.13 Å². The van der Waals surface area contributed by atoms with Crippen LogP contribution in [0.3, 0.4) is 0 Å². The molecule has 0 saturated carbocycles. The minimum absolute atomic E-state index is 0.0762. The first-order valence-electron chi connectivity index (χ1n) is 6.79. The zero-order chi connectivity index (χ0) is 16.1. The van der Waals surface area contributed by atoms with E-state index in [1.165, 1.54) is 11.3 Å². The van der Waals surface area contributed by atoms with Crippen molar-refractivity contribution in [1.29, 1.82) is 0 Å². The van der Waals surface area contributed by atoms with Gasteiger partial charge in [-0.2, -0.15) is 0 Å². The van der Waals surface area contributed by atoms with Crippen molar-refractivity contribution in [2.75, 3.05) is 19.5 Å². The number of methoxy groups -OCH3 is 2. The summed E-state index contributed by atoms with van der Waals surface area (Å²) >= 11 is 1.36. The summed E-state index contributed by atoms with van der Waals surface area (Å²) in [6, 6.07) is 5.52. The number of nitrogens with one attached hydrogen (secondary N) is 2. The standard InChI is InChI=1S/C15H19N3O3S/c1-9(2)16-14(19)12-8-22-15(18-12)17-11-6-5-10(20-3)7-13(11)21-4/h5-9H,1-4H3,(H,16,19)(H,17,18). The fourth-order valence-corrected chi connectivity index (χ4v) is 2.49. The molecule has 0 aliphatic carbocycles. The topological polar surface area (TPSA) is 72.5 Å². The number of hydrogen-bond donors (Lipinski definition) is 2. The molecule has 1 aromatic carbocycles. The lowest BCUT2D eigenvalue weighted by atomic mass is 10.3. The minimum atomic E-state index is -0.180. The van der Waals surface area contributed by atoms with Crippen molar-refractivity contribution in [3.8, 4) is 11.5 Å². The fourth-order valence-electron chi connectivity index (χ4n) is 1.79. The van der Waals surface area contributed by atoms with E-state index in [4.69, 9.17) is 9.47 Å². The van der Waals surface area contributed by atoms with Crippen molar-refractivity contribution in [2.45, 2.75) is 19.9 Å². The van der Waals surface area contributed by atoms with E-state index < -0.39 is 0 Å². The molecule has 1 amide bonds. The number of carbonyl (C=O) groups is 1. The number of amides is 1. The molecule has 0 aliphatic heterocycles. The number of hydrogen-bond acceptors (Lipinski definition) is 6. The van der Waals surface area contributed by atoms with Crippen LogP contribution in [0.5, 0.6) is 11.5 Å². The number of carbonyl (C=O) groups excluding carboxylic acids is 1. The van der Waals surface area contributed by atoms with E-state index >= 15 is 0 Å². The summed E-state index contributed by atoms with van der Waals surface area (Å²) in [6.45, 7) is 3.82. The van der Waals surface area contributed by atoms with Crippen LogP contribution in [0.2, 0.25) is 0 Å². The molecule has 22 heavy (non-hydrogen) atoms. The summed E-state index contributed by atoms with van der Waals surface area (Å²) in [4.78, 5) is 16.2. The maximum Gasteiger partial charge on any atom is 0.271 e. The van der Waals surface area contributed by atoms with Crippen molar-refractivity contribution >= 4 is 28.1 Å². The highest BCUT2D eigenvalue weighted by Crippen LogP contribution is 2.32. The number of thiazole rings is 1. The second-order valence-electron chi connectivity index (χ2n) is 4.86. The smallest absolute Gasteiger partial charge is 0.271 e. The molecule has 0 unspecified atom stereocenters. The van der Waals surface area contributed by atoms with Gasteiger partial charge in [0.2, 0.25) is 0 Å². The lowest BCUT2D eigenvalue weighted by molar-refractivity contribution is 0.0939. The molecule has 0 bridgehead atoms. The molecule has 0 spiro atoms. The molecule has 6 nitrogen and oxygen atoms in total. The van der Waals surface area contributed by atoms with Gasteiger partial charge in [-0.25, -0.2) is 4.98 Å². The van der Waals surface area contributed by atoms with Gasteiger partial charge in [-0.05, 0) is 26.0 Å². The molecule has 0 radical (unpaired) electrons. The van der Waals surface area contributed by atoms with Gasteiger partial charge in [-0.1, -0.05) is 0 Å². The first-order valence-corrected chi connectivity index (χ1v) is 7.67. The SMILES string of the molecule is COc1ccc(Nc2nc(C(=O)NC(C)C)cs2)c(OC)c1. The number of aromatic nitrogens is 1. The molecule has 1 heterocycles. The normalized spacial score (nSPS) is 10.4. The van der Waals surface area contributed by atoms with Gasteiger partial charge in [0.05, 0.1) is 19.9 Å². The minimum Gasteiger partial charge on any atom is -0.497 e. The van der Waals surface area contributed by atoms with E-state index in [2.05, 4.69) is 15.6 Å². The third-order valence-electron chi connectivity index (χ3n) is 2.81. The number of ether oxygens (including phenoxy) is 2. The quantitative estimate of drug-likeness (QED) is 0.855. The van der Waals surface area contributed by atoms with Crippen LogP contribution in [0.4, 0.5) is 10.8 Å². The molecule has 0 aliphatic rings. The van der Waals surface area contributed by atoms with Crippen LogP contribution in [0, 0.1) is 0 Å². The Labute approximate surface area is 133 Å². The van der Waals surface area contributed by atoms with E-state index in [-0.39, 0.29) is 11.9 Å². The van der Waals surface area contributed by atoms with Crippen LogP contribution in [0.25, 0.3) is 0 Å². The summed E-state index contributed by atoms with van der Waals surface area (Å²) in [5, 5.41) is 8.30. The van der Waals surface area contributed by atoms with Gasteiger partial charge in [0.1, 0.15) is 17.2 Å². The average molecular weight is 321 g/mol. The largest absolute Gasteiger partial charge is 0.497 e. The average Bonchev–Trinajstić information content (AvgIpc) is 2.95. The second kappa shape index (κ2) is 7.13. The van der Waals surface area contributed by atoms with Crippen molar-refractivity contribution in [3.63, 3.8) is 0 Å². The summed E-state index contributed by atoms with van der Waals surface area (Å²) in [6.07, 6.45) is 0. The van der Waals surface area contributed by atoms with Gasteiger partial charge < -0.3 is 20.1 Å². The van der Waals surface area contributed by atoms with Crippen molar-refractivity contribution in [3.05, 3.63) is 29.3 Å². The Morgan fingerprint density at radius 2 is 2.05 bits per heavy atom. The van der Waals surface area contributed by atoms with Gasteiger partial charge in [-0.3, -0.25) is 4.79 Å². The van der Waals surface area contributed by atoms with E-state index in [9.17, 15) is 4.79 Å². The van der Waals surface area contributed by atoms with E-state index in [0.717, 1.165) is 5.69 Å². The third-order valence-corrected chi connectivity index (χ3v) is 3.56. The van der Waals surface area contributed by atoms with Crippen LogP contribution < -0.4 is 20.1 Å². The zero-order valence-corrected chi connectivity index (χ0v) is 13.8. The van der Waals surface area contributed by atoms with E-state index in [1.807, 2.05) is 26.0 Å². The Morgan fingerprint density at radius 1 is 1.27 bits per heavy atom. The van der Waals surface area contributed by atoms with Gasteiger partial charge >= 0.3 is 0 Å². The third kappa shape index (κ3) is 3.88. The van der Waals surface area contributed by atoms with Crippen LogP contribution in [0.1, 0.15) is 24.3 Å². The highest BCUT2D eigenvalue weighted by atomic mass is 32.1. The Morgan fingerprint density at radius 3 is 2.68 bits per heavy atom. The lowest BCUT2D eigenvalue weighted by Crippen LogP contribution is -2.30. The fraction of sp³-hybridized carbons (Fsp3) is 0.333. The summed E-state index contributed by atoms with van der Waals surface area (Å²) in [5.41, 5.74) is 1.15. The first kappa shape index (κ1) is 16.1. The van der Waals surface area contributed by atoms with Crippen LogP contribution in [0.15, 0.2) is 23.6 Å². The molecular formula is C15H19N3O3S. The maximum atomic E-state index is 11.9. The van der Waals surface area contributed by atoms with Gasteiger partial charge in [0, 0.05) is 17.5 Å². The summed E-state index contributed by atoms with van der Waals surface area (Å²) in [5.74, 6) is 1.17. The van der Waals surface area contributed by atoms with Crippen LogP contribution >= 0.6 is 11.3 Å². The Bertz CT molecular complexity index is 655. The highest BCUT2D eigenvalue weighted by molar-refractivity contribution is 7.14. The van der Waals surface area contributed by atoms with Crippen LogP contribution in [-0.2, 0) is 0 Å². The molecule has 7 heteroatoms. The highest BCUT2D eigenvalue weighted by Gasteiger charge is 2.13. The van der Waals surface area contributed by atoms with E-state index in [0.29, 0.717) is 22.3 Å². The van der Waals surface area contributed by atoms with Crippen molar-refractivity contribution in [1.82, 2.24) is 10.3 Å². The number of nitrogens with zero attached hydrogens (tertiary/aromatic N) is 1. The molecule has 2 N–H and O–H groups in total. The first-order chi connectivity index (χ1) is 10.5. The molecule has 118 valence electrons. The number of benzene rings is 1. The second-order valence-corrected chi connectivity index (χ2v) is 5.72. The number of rotatable bonds is 6. The zero-order valence-electron chi connectivity index (χ0n) is 13.0. The Kier molecular flexibility index (Phi) is 5.21. The molecular weight excluding hydrogens is 302 g/mol. The van der Waals surface area contributed by atoms with Gasteiger partial charge in [0.25, 0.3) is 5.91 Å². The van der Waals surface area contributed by atoms with Crippen LogP contribution in [-0.4, -0.2) is 31.2 Å². The predicted octanol–water partition coefficient (Wildman–Crippen LogP) is 3.04. The Balaban J connectivity index is 2.15. The molecule has 0 fully saturated rings. The summed E-state index contributed by atoms with van der Waals surface area (Å²) in [7, 11) is 3.19. The van der Waals surface area contributed by atoms with Gasteiger partial charge in [-0.15, -0.1) is 11.3 Å². The predicted molar refractivity (Wildman–Crippen MR) is 87.5 cm³/mol. The Hall–Kier alpha value is -2.28. The summed E-state index contributed by atoms with van der Waals surface area (Å²) < 4.78 is 10.5. The monoisotopic (exact) mass is 321 g/mol. The molecule has 2 rings (SSSR count). The molecule has 1 aromatic heterocycles. The van der Waals surface area contributed by atoms with E-state index in [1.54, 1.807) is 25.7 Å². The molecule has 0 saturated heterocycles.